The number of benzene rings is 2. The Labute approximate surface area is 244 Å². The Balaban J connectivity index is 1.52. The average Bonchev–Trinajstić information content (AvgIpc) is 3.20. The molecule has 0 unspecified atom stereocenters. The molecule has 216 valence electrons. The lowest BCUT2D eigenvalue weighted by molar-refractivity contribution is -0.135. The van der Waals surface area contributed by atoms with Gasteiger partial charge in [-0.15, -0.1) is 0 Å². The molecule has 1 aliphatic heterocycles. The maximum atomic E-state index is 13.6. The van der Waals surface area contributed by atoms with Gasteiger partial charge in [0, 0.05) is 68.6 Å². The van der Waals surface area contributed by atoms with Crippen molar-refractivity contribution >= 4 is 17.5 Å². The number of aromatic nitrogens is 1. The van der Waals surface area contributed by atoms with Crippen LogP contribution < -0.4 is 4.74 Å². The molecule has 0 spiro atoms. The van der Waals surface area contributed by atoms with E-state index in [1.165, 1.54) is 17.0 Å². The molecule has 2 heterocycles. The zero-order valence-electron chi connectivity index (χ0n) is 24.7. The first-order chi connectivity index (χ1) is 19.2. The predicted octanol–water partition coefficient (Wildman–Crippen LogP) is 6.42. The molecule has 0 radical (unpaired) electrons. The highest BCUT2D eigenvalue weighted by Crippen LogP contribution is 2.36. The number of likely N-dealkylation sites (tertiary alicyclic amines) is 1. The molecule has 2 aromatic carbocycles. The Kier molecular flexibility index (Phi) is 10.3. The van der Waals surface area contributed by atoms with Crippen LogP contribution in [0, 0.1) is 26.2 Å². The monoisotopic (exact) mass is 565 g/mol. The number of rotatable bonds is 12. The Morgan fingerprint density at radius 2 is 1.88 bits per heavy atom. The summed E-state index contributed by atoms with van der Waals surface area (Å²) in [6.07, 6.45) is 2.43. The number of ether oxygens (including phenoxy) is 2. The molecule has 40 heavy (non-hydrogen) atoms. The lowest BCUT2D eigenvalue weighted by Crippen LogP contribution is -2.48. The van der Waals surface area contributed by atoms with Gasteiger partial charge < -0.3 is 18.9 Å². The first-order valence-electron chi connectivity index (χ1n) is 14.2. The second-order valence-electron chi connectivity index (χ2n) is 11.5. The number of nitrogens with zero attached hydrogens (tertiary/aromatic N) is 3. The summed E-state index contributed by atoms with van der Waals surface area (Å²) in [5, 5.41) is 0.728. The van der Waals surface area contributed by atoms with E-state index in [2.05, 4.69) is 41.5 Å². The molecule has 1 aromatic heterocycles. The molecule has 1 saturated heterocycles. The van der Waals surface area contributed by atoms with E-state index in [9.17, 15) is 4.79 Å². The molecule has 1 atom stereocenters. The Hall–Kier alpha value is -2.80. The van der Waals surface area contributed by atoms with E-state index >= 15 is 0 Å². The molecule has 1 aliphatic rings. The van der Waals surface area contributed by atoms with Gasteiger partial charge in [-0.25, -0.2) is 0 Å². The van der Waals surface area contributed by atoms with Crippen LogP contribution in [0.2, 0.25) is 5.02 Å². The number of hydrogen-bond acceptors (Lipinski definition) is 4. The minimum atomic E-state index is -0.282. The van der Waals surface area contributed by atoms with Crippen LogP contribution in [0.25, 0.3) is 0 Å². The number of carbonyl (C=O) groups is 1. The lowest BCUT2D eigenvalue weighted by Gasteiger charge is -2.43. The number of methoxy groups -OCH3 is 1. The fourth-order valence-electron chi connectivity index (χ4n) is 5.90. The third kappa shape index (κ3) is 7.68. The maximum Gasteiger partial charge on any atom is 0.223 e. The van der Waals surface area contributed by atoms with E-state index < -0.39 is 0 Å². The highest BCUT2D eigenvalue weighted by molar-refractivity contribution is 6.31. The summed E-state index contributed by atoms with van der Waals surface area (Å²) < 4.78 is 14.1. The van der Waals surface area contributed by atoms with Crippen molar-refractivity contribution in [1.29, 1.82) is 0 Å². The largest absolute Gasteiger partial charge is 0.493 e. The van der Waals surface area contributed by atoms with Crippen LogP contribution in [-0.4, -0.2) is 60.7 Å². The quantitative estimate of drug-likeness (QED) is 0.254. The summed E-state index contributed by atoms with van der Waals surface area (Å²) in [4.78, 5) is 18.0. The molecular formula is C33H44ClN3O3. The van der Waals surface area contributed by atoms with Gasteiger partial charge in [-0.2, -0.15) is 0 Å². The number of hydrogen-bond donors (Lipinski definition) is 0. The zero-order chi connectivity index (χ0) is 28.7. The summed E-state index contributed by atoms with van der Waals surface area (Å²) >= 11 is 6.26. The third-order valence-corrected chi connectivity index (χ3v) is 8.64. The van der Waals surface area contributed by atoms with Gasteiger partial charge in [0.15, 0.2) is 0 Å². The fraction of sp³-hybridized carbons (Fsp3) is 0.485. The van der Waals surface area contributed by atoms with Crippen LogP contribution in [0.4, 0.5) is 0 Å². The highest BCUT2D eigenvalue weighted by Gasteiger charge is 2.39. The fourth-order valence-corrected chi connectivity index (χ4v) is 6.02. The number of halogens is 1. The maximum absolute atomic E-state index is 13.6. The van der Waals surface area contributed by atoms with E-state index in [1.54, 1.807) is 7.11 Å². The van der Waals surface area contributed by atoms with E-state index in [1.807, 2.05) is 55.3 Å². The summed E-state index contributed by atoms with van der Waals surface area (Å²) in [5.74, 6) is 0.949. The molecule has 0 N–H and O–H groups in total. The predicted molar refractivity (Wildman–Crippen MR) is 162 cm³/mol. The number of carbonyl (C=O) groups excluding carboxylic acids is 1. The van der Waals surface area contributed by atoms with Gasteiger partial charge in [0.1, 0.15) is 5.75 Å². The van der Waals surface area contributed by atoms with Crippen molar-refractivity contribution in [3.63, 3.8) is 0 Å². The normalized spacial score (nSPS) is 17.6. The number of aryl methyl sites for hydroxylation is 2. The third-order valence-electron chi connectivity index (χ3n) is 8.22. The van der Waals surface area contributed by atoms with E-state index in [0.717, 1.165) is 60.9 Å². The van der Waals surface area contributed by atoms with Crippen LogP contribution in [0.3, 0.4) is 0 Å². The molecule has 1 fully saturated rings. The van der Waals surface area contributed by atoms with Gasteiger partial charge in [-0.3, -0.25) is 9.69 Å². The molecule has 3 aromatic rings. The van der Waals surface area contributed by atoms with Gasteiger partial charge in [-0.05, 0) is 81.1 Å². The SMILES string of the molecule is COCCn1c(C)cc(CN2CCC[C@@](COc3ccc(Cl)c(C)c3)(CC(=O)N(C)Cc3ccccc3)C2)c1C. The van der Waals surface area contributed by atoms with Gasteiger partial charge in [0.05, 0.1) is 13.2 Å². The highest BCUT2D eigenvalue weighted by atomic mass is 35.5. The zero-order valence-corrected chi connectivity index (χ0v) is 25.5. The molecule has 6 nitrogen and oxygen atoms in total. The van der Waals surface area contributed by atoms with E-state index in [-0.39, 0.29) is 11.3 Å². The second-order valence-corrected chi connectivity index (χ2v) is 11.9. The number of amides is 1. The lowest BCUT2D eigenvalue weighted by atomic mass is 9.77. The van der Waals surface area contributed by atoms with Crippen LogP contribution in [-0.2, 0) is 29.2 Å². The Bertz CT molecular complexity index is 1280. The van der Waals surface area contributed by atoms with Crippen LogP contribution in [0.5, 0.6) is 5.75 Å². The Morgan fingerprint density at radius 1 is 1.10 bits per heavy atom. The van der Waals surface area contributed by atoms with Gasteiger partial charge in [0.2, 0.25) is 5.91 Å². The van der Waals surface area contributed by atoms with Crippen molar-refractivity contribution in [1.82, 2.24) is 14.4 Å². The second kappa shape index (κ2) is 13.7. The summed E-state index contributed by atoms with van der Waals surface area (Å²) in [7, 11) is 3.65. The minimum Gasteiger partial charge on any atom is -0.493 e. The van der Waals surface area contributed by atoms with E-state index in [4.69, 9.17) is 21.1 Å². The van der Waals surface area contributed by atoms with Crippen LogP contribution in [0.15, 0.2) is 54.6 Å². The molecule has 1 amide bonds. The van der Waals surface area contributed by atoms with Crippen molar-refractivity contribution < 1.29 is 14.3 Å². The molecular weight excluding hydrogens is 522 g/mol. The first-order valence-corrected chi connectivity index (χ1v) is 14.6. The van der Waals surface area contributed by atoms with Crippen molar-refractivity contribution in [2.45, 2.75) is 59.7 Å². The van der Waals surface area contributed by atoms with Gasteiger partial charge >= 0.3 is 0 Å². The van der Waals surface area contributed by atoms with Crippen LogP contribution in [0.1, 0.15) is 47.3 Å². The van der Waals surface area contributed by atoms with Crippen molar-refractivity contribution in [2.75, 3.05) is 40.5 Å². The standard InChI is InChI=1S/C33H44ClN3O3/c1-25-18-30(12-13-31(25)34)40-24-33(20-32(38)35(4)21-28-10-7-6-8-11-28)14-9-15-36(23-33)22-29-19-26(2)37(27(29)3)16-17-39-5/h6-8,10-13,18-19H,9,14-17,20-24H2,1-5H3/t33-/m1/s1. The smallest absolute Gasteiger partial charge is 0.223 e. The molecule has 7 heteroatoms. The minimum absolute atomic E-state index is 0.152. The average molecular weight is 566 g/mol. The summed E-state index contributed by atoms with van der Waals surface area (Å²) in [5.41, 5.74) is 5.72. The van der Waals surface area contributed by atoms with Gasteiger partial charge in [-0.1, -0.05) is 41.9 Å². The van der Waals surface area contributed by atoms with Gasteiger partial charge in [0.25, 0.3) is 0 Å². The molecule has 0 aliphatic carbocycles. The molecule has 4 rings (SSSR count). The summed E-state index contributed by atoms with van der Waals surface area (Å²) in [6.45, 7) is 11.7. The summed E-state index contributed by atoms with van der Waals surface area (Å²) in [6, 6.07) is 18.2. The van der Waals surface area contributed by atoms with Crippen molar-refractivity contribution in [3.8, 4) is 5.75 Å². The van der Waals surface area contributed by atoms with Crippen LogP contribution >= 0.6 is 11.6 Å². The van der Waals surface area contributed by atoms with Crippen molar-refractivity contribution in [3.05, 3.63) is 87.7 Å². The topological polar surface area (TPSA) is 46.9 Å². The van der Waals surface area contributed by atoms with Crippen molar-refractivity contribution in [2.24, 2.45) is 5.41 Å². The first kappa shape index (κ1) is 30.2. The number of piperidine rings is 1. The Morgan fingerprint density at radius 3 is 2.60 bits per heavy atom. The van der Waals surface area contributed by atoms with E-state index in [0.29, 0.717) is 26.2 Å². The molecule has 0 saturated carbocycles. The molecule has 0 bridgehead atoms.